The van der Waals surface area contributed by atoms with Gasteiger partial charge in [-0.3, -0.25) is 9.59 Å². The first kappa shape index (κ1) is 22.4. The Morgan fingerprint density at radius 2 is 1.58 bits per heavy atom. The lowest BCUT2D eigenvalue weighted by atomic mass is 10.0. The van der Waals surface area contributed by atoms with Crippen LogP contribution in [-0.4, -0.2) is 33.0 Å². The Morgan fingerprint density at radius 1 is 0.909 bits per heavy atom. The normalized spacial score (nSPS) is 13.5. The van der Waals surface area contributed by atoms with Gasteiger partial charge in [-0.15, -0.1) is 0 Å². The third kappa shape index (κ3) is 4.30. The Balaban J connectivity index is 1.80. The number of imide groups is 1. The predicted molar refractivity (Wildman–Crippen MR) is 133 cm³/mol. The molecule has 1 aliphatic rings. The van der Waals surface area contributed by atoms with E-state index in [1.165, 1.54) is 4.90 Å². The van der Waals surface area contributed by atoms with E-state index in [0.29, 0.717) is 33.3 Å². The summed E-state index contributed by atoms with van der Waals surface area (Å²) in [6.07, 6.45) is 0. The maximum absolute atomic E-state index is 13.6. The van der Waals surface area contributed by atoms with Crippen molar-refractivity contribution in [1.82, 2.24) is 0 Å². The average molecular weight is 462 g/mol. The molecule has 168 valence electrons. The zero-order valence-corrected chi connectivity index (χ0v) is 19.6. The van der Waals surface area contributed by atoms with E-state index in [1.54, 1.807) is 55.6 Å². The summed E-state index contributed by atoms with van der Waals surface area (Å²) in [7, 11) is 5.44. The Kier molecular flexibility index (Phi) is 6.11. The maximum atomic E-state index is 13.6. The number of hydrogen-bond acceptors (Lipinski definition) is 5. The SMILES string of the molecule is COc1ccc(C2=C(Nc3cc(Cl)ccc3C)C(=O)N(c3ccc(N(C)C)cc3)C2=O)cc1. The van der Waals surface area contributed by atoms with Crippen LogP contribution in [-0.2, 0) is 9.59 Å². The van der Waals surface area contributed by atoms with Crippen molar-refractivity contribution in [2.75, 3.05) is 36.3 Å². The number of rotatable bonds is 6. The van der Waals surface area contributed by atoms with Crippen LogP contribution in [0.25, 0.3) is 5.57 Å². The first-order chi connectivity index (χ1) is 15.8. The number of anilines is 3. The number of amides is 2. The van der Waals surface area contributed by atoms with Gasteiger partial charge in [-0.2, -0.15) is 0 Å². The van der Waals surface area contributed by atoms with Crippen LogP contribution in [0.2, 0.25) is 5.02 Å². The molecule has 0 aromatic heterocycles. The quantitative estimate of drug-likeness (QED) is 0.516. The molecule has 0 saturated carbocycles. The molecule has 33 heavy (non-hydrogen) atoms. The summed E-state index contributed by atoms with van der Waals surface area (Å²) in [6, 6.07) is 19.7. The lowest BCUT2D eigenvalue weighted by Crippen LogP contribution is -2.32. The van der Waals surface area contributed by atoms with Gasteiger partial charge in [0.1, 0.15) is 11.4 Å². The molecule has 6 nitrogen and oxygen atoms in total. The van der Waals surface area contributed by atoms with Crippen LogP contribution in [0, 0.1) is 6.92 Å². The van der Waals surface area contributed by atoms with Crippen LogP contribution in [0.4, 0.5) is 17.1 Å². The highest BCUT2D eigenvalue weighted by Gasteiger charge is 2.40. The second kappa shape index (κ2) is 9.00. The molecule has 0 unspecified atom stereocenters. The topological polar surface area (TPSA) is 61.9 Å². The van der Waals surface area contributed by atoms with Crippen LogP contribution in [0.1, 0.15) is 11.1 Å². The van der Waals surface area contributed by atoms with Crippen molar-refractivity contribution >= 4 is 46.1 Å². The average Bonchev–Trinajstić information content (AvgIpc) is 3.05. The van der Waals surface area contributed by atoms with Gasteiger partial charge in [0.15, 0.2) is 0 Å². The van der Waals surface area contributed by atoms with Crippen molar-refractivity contribution in [3.8, 4) is 5.75 Å². The van der Waals surface area contributed by atoms with Crippen molar-refractivity contribution in [3.63, 3.8) is 0 Å². The van der Waals surface area contributed by atoms with Crippen molar-refractivity contribution in [1.29, 1.82) is 0 Å². The first-order valence-electron chi connectivity index (χ1n) is 10.4. The molecule has 7 heteroatoms. The fraction of sp³-hybridized carbons (Fsp3) is 0.154. The van der Waals surface area contributed by atoms with Crippen LogP contribution in [0.3, 0.4) is 0 Å². The van der Waals surface area contributed by atoms with E-state index in [1.807, 2.05) is 44.1 Å². The van der Waals surface area contributed by atoms with Gasteiger partial charge >= 0.3 is 0 Å². The summed E-state index contributed by atoms with van der Waals surface area (Å²) in [5.74, 6) is -0.166. The number of carbonyl (C=O) groups excluding carboxylic acids is 2. The van der Waals surface area contributed by atoms with E-state index in [0.717, 1.165) is 11.3 Å². The summed E-state index contributed by atoms with van der Waals surface area (Å²) < 4.78 is 5.24. The Morgan fingerprint density at radius 3 is 2.18 bits per heavy atom. The van der Waals surface area contributed by atoms with Crippen LogP contribution in [0.5, 0.6) is 5.75 Å². The predicted octanol–water partition coefficient (Wildman–Crippen LogP) is 5.12. The van der Waals surface area contributed by atoms with Gasteiger partial charge in [0.2, 0.25) is 0 Å². The van der Waals surface area contributed by atoms with E-state index in [9.17, 15) is 9.59 Å². The summed E-state index contributed by atoms with van der Waals surface area (Å²) in [4.78, 5) is 30.3. The smallest absolute Gasteiger partial charge is 0.282 e. The molecule has 1 aliphatic heterocycles. The summed E-state index contributed by atoms with van der Waals surface area (Å²) >= 11 is 6.18. The van der Waals surface area contributed by atoms with Gasteiger partial charge in [-0.25, -0.2) is 4.90 Å². The first-order valence-corrected chi connectivity index (χ1v) is 10.8. The third-order valence-electron chi connectivity index (χ3n) is 5.55. The van der Waals surface area contributed by atoms with E-state index in [-0.39, 0.29) is 5.70 Å². The minimum Gasteiger partial charge on any atom is -0.497 e. The zero-order valence-electron chi connectivity index (χ0n) is 18.8. The number of hydrogen-bond donors (Lipinski definition) is 1. The fourth-order valence-corrected chi connectivity index (χ4v) is 3.84. The molecule has 1 heterocycles. The van der Waals surface area contributed by atoms with Gasteiger partial charge in [-0.1, -0.05) is 29.8 Å². The summed E-state index contributed by atoms with van der Waals surface area (Å²) in [5.41, 5.74) is 4.13. The summed E-state index contributed by atoms with van der Waals surface area (Å²) in [6.45, 7) is 1.91. The van der Waals surface area contributed by atoms with Crippen molar-refractivity contribution in [2.45, 2.75) is 6.92 Å². The monoisotopic (exact) mass is 461 g/mol. The molecular weight excluding hydrogens is 438 g/mol. The van der Waals surface area contributed by atoms with E-state index in [4.69, 9.17) is 16.3 Å². The van der Waals surface area contributed by atoms with Gasteiger partial charge < -0.3 is 15.0 Å². The maximum Gasteiger partial charge on any atom is 0.282 e. The molecule has 1 N–H and O–H groups in total. The summed E-state index contributed by atoms with van der Waals surface area (Å²) in [5, 5.41) is 3.71. The molecule has 0 spiro atoms. The third-order valence-corrected chi connectivity index (χ3v) is 5.78. The Hall–Kier alpha value is -3.77. The number of halogens is 1. The molecule has 3 aromatic rings. The molecule has 0 saturated heterocycles. The molecule has 0 aliphatic carbocycles. The molecule has 2 amide bonds. The Labute approximate surface area is 198 Å². The minimum absolute atomic E-state index is 0.201. The number of carbonyl (C=O) groups is 2. The largest absolute Gasteiger partial charge is 0.497 e. The minimum atomic E-state index is -0.428. The number of methoxy groups -OCH3 is 1. The number of nitrogens with one attached hydrogen (secondary N) is 1. The molecular formula is C26H24ClN3O3. The molecule has 0 fully saturated rings. The van der Waals surface area contributed by atoms with Gasteiger partial charge in [0, 0.05) is 30.5 Å². The highest BCUT2D eigenvalue weighted by Crippen LogP contribution is 2.35. The van der Waals surface area contributed by atoms with Gasteiger partial charge in [0.25, 0.3) is 11.8 Å². The van der Waals surface area contributed by atoms with Crippen LogP contribution >= 0.6 is 11.6 Å². The van der Waals surface area contributed by atoms with Crippen molar-refractivity contribution < 1.29 is 14.3 Å². The number of nitrogens with zero attached hydrogens (tertiary/aromatic N) is 2. The zero-order chi connectivity index (χ0) is 23.7. The lowest BCUT2D eigenvalue weighted by Gasteiger charge is -2.18. The second-order valence-electron chi connectivity index (χ2n) is 7.92. The number of aryl methyl sites for hydroxylation is 1. The standard InChI is InChI=1S/C26H24ClN3O3/c1-16-5-8-18(27)15-22(16)28-24-23(17-6-13-21(33-4)14-7-17)25(31)30(26(24)32)20-11-9-19(10-12-20)29(2)3/h5-15,28H,1-4H3. The molecule has 0 bridgehead atoms. The van der Waals surface area contributed by atoms with Crippen molar-refractivity contribution in [2.24, 2.45) is 0 Å². The number of benzene rings is 3. The molecule has 0 radical (unpaired) electrons. The highest BCUT2D eigenvalue weighted by molar-refractivity contribution is 6.46. The molecule has 4 rings (SSSR count). The lowest BCUT2D eigenvalue weighted by molar-refractivity contribution is -0.120. The van der Waals surface area contributed by atoms with Crippen LogP contribution in [0.15, 0.2) is 72.4 Å². The van der Waals surface area contributed by atoms with Crippen molar-refractivity contribution in [3.05, 3.63) is 88.6 Å². The Bertz CT molecular complexity index is 1250. The fourth-order valence-electron chi connectivity index (χ4n) is 3.67. The van der Waals surface area contributed by atoms with Gasteiger partial charge in [-0.05, 0) is 66.6 Å². The molecule has 0 atom stereocenters. The van der Waals surface area contributed by atoms with Crippen LogP contribution < -0.4 is 19.9 Å². The highest BCUT2D eigenvalue weighted by atomic mass is 35.5. The van der Waals surface area contributed by atoms with Gasteiger partial charge in [0.05, 0.1) is 18.4 Å². The second-order valence-corrected chi connectivity index (χ2v) is 8.36. The van der Waals surface area contributed by atoms with E-state index in [2.05, 4.69) is 5.32 Å². The van der Waals surface area contributed by atoms with E-state index < -0.39 is 11.8 Å². The number of ether oxygens (including phenoxy) is 1. The van der Waals surface area contributed by atoms with E-state index >= 15 is 0 Å². The molecule has 3 aromatic carbocycles.